The zero-order valence-electron chi connectivity index (χ0n) is 15.4. The molecule has 5 heteroatoms. The van der Waals surface area contributed by atoms with Crippen LogP contribution in [0.15, 0.2) is 58.5 Å². The lowest BCUT2D eigenvalue weighted by molar-refractivity contribution is -0.121. The van der Waals surface area contributed by atoms with E-state index in [1.54, 1.807) is 17.6 Å². The van der Waals surface area contributed by atoms with E-state index in [-0.39, 0.29) is 11.9 Å². The quantitative estimate of drug-likeness (QED) is 0.458. The van der Waals surface area contributed by atoms with Gasteiger partial charge in [0.25, 0.3) is 0 Å². The first-order chi connectivity index (χ1) is 13.1. The summed E-state index contributed by atoms with van der Waals surface area (Å²) < 4.78 is 5.37. The van der Waals surface area contributed by atoms with Gasteiger partial charge < -0.3 is 14.7 Å². The molecule has 1 atom stereocenters. The van der Waals surface area contributed by atoms with E-state index in [2.05, 4.69) is 52.9 Å². The third-order valence-electron chi connectivity index (χ3n) is 4.78. The molecule has 138 valence electrons. The van der Waals surface area contributed by atoms with Crippen molar-refractivity contribution in [3.05, 3.63) is 71.0 Å². The van der Waals surface area contributed by atoms with Gasteiger partial charge in [-0.25, -0.2) is 0 Å². The number of aromatic amines is 1. The zero-order chi connectivity index (χ0) is 18.8. The molecule has 27 heavy (non-hydrogen) atoms. The number of benzene rings is 1. The van der Waals surface area contributed by atoms with Crippen LogP contribution in [0, 0.1) is 6.92 Å². The summed E-state index contributed by atoms with van der Waals surface area (Å²) in [5, 5.41) is 6.29. The van der Waals surface area contributed by atoms with Crippen molar-refractivity contribution in [2.45, 2.75) is 32.7 Å². The summed E-state index contributed by atoms with van der Waals surface area (Å²) in [7, 11) is 0. The molecular formula is C22H22N2O2S. The van der Waals surface area contributed by atoms with Crippen molar-refractivity contribution in [3.63, 3.8) is 0 Å². The third-order valence-corrected chi connectivity index (χ3v) is 5.67. The first-order valence-electron chi connectivity index (χ1n) is 9.09. The molecule has 0 aliphatic rings. The number of carbonyl (C=O) groups excluding carboxylic acids is 1. The van der Waals surface area contributed by atoms with Crippen molar-refractivity contribution >= 4 is 28.1 Å². The lowest BCUT2D eigenvalue weighted by atomic mass is 10.0. The number of hydrogen-bond donors (Lipinski definition) is 2. The molecule has 4 nitrogen and oxygen atoms in total. The molecule has 0 saturated carbocycles. The van der Waals surface area contributed by atoms with Crippen molar-refractivity contribution in [1.82, 2.24) is 10.3 Å². The number of aryl methyl sites for hydroxylation is 2. The second kappa shape index (κ2) is 7.45. The van der Waals surface area contributed by atoms with Crippen LogP contribution >= 0.6 is 11.3 Å². The summed E-state index contributed by atoms with van der Waals surface area (Å²) in [5.41, 5.74) is 4.66. The van der Waals surface area contributed by atoms with Crippen molar-refractivity contribution in [1.29, 1.82) is 0 Å². The van der Waals surface area contributed by atoms with E-state index in [1.807, 2.05) is 19.1 Å². The van der Waals surface area contributed by atoms with Gasteiger partial charge in [0.05, 0.1) is 22.9 Å². The van der Waals surface area contributed by atoms with Crippen LogP contribution in [0.4, 0.5) is 0 Å². The second-order valence-electron chi connectivity index (χ2n) is 6.81. The summed E-state index contributed by atoms with van der Waals surface area (Å²) in [6, 6.07) is 14.2. The van der Waals surface area contributed by atoms with Crippen LogP contribution in [0.3, 0.4) is 0 Å². The Morgan fingerprint density at radius 1 is 1.26 bits per heavy atom. The van der Waals surface area contributed by atoms with Gasteiger partial charge in [-0.1, -0.05) is 17.7 Å². The Morgan fingerprint density at radius 3 is 2.89 bits per heavy atom. The lowest BCUT2D eigenvalue weighted by Gasteiger charge is -2.11. The van der Waals surface area contributed by atoms with Gasteiger partial charge >= 0.3 is 0 Å². The largest absolute Gasteiger partial charge is 0.467 e. The number of thiophene rings is 1. The van der Waals surface area contributed by atoms with Gasteiger partial charge in [-0.3, -0.25) is 4.79 Å². The minimum absolute atomic E-state index is 0.0260. The number of carbonyl (C=O) groups is 1. The fourth-order valence-electron chi connectivity index (χ4n) is 3.41. The maximum Gasteiger partial charge on any atom is 0.220 e. The van der Waals surface area contributed by atoms with E-state index in [0.29, 0.717) is 12.8 Å². The standard InChI is InChI=1S/C22H22N2O2S/c1-14-7-9-18-17(13-14)16(22(24-18)20-6-4-12-27-20)8-10-21(25)23-15(2)19-5-3-11-26-19/h3-7,9,11-13,15,24H,8,10H2,1-2H3,(H,23,25). The van der Waals surface area contributed by atoms with E-state index in [1.165, 1.54) is 21.4 Å². The number of hydrogen-bond acceptors (Lipinski definition) is 3. The Morgan fingerprint density at radius 2 is 2.15 bits per heavy atom. The van der Waals surface area contributed by atoms with Crippen LogP contribution in [-0.2, 0) is 11.2 Å². The minimum Gasteiger partial charge on any atom is -0.467 e. The van der Waals surface area contributed by atoms with E-state index in [9.17, 15) is 4.79 Å². The molecule has 3 heterocycles. The number of furan rings is 1. The van der Waals surface area contributed by atoms with Crippen LogP contribution < -0.4 is 5.32 Å². The number of rotatable bonds is 6. The Kier molecular flexibility index (Phi) is 4.86. The molecule has 0 radical (unpaired) electrons. The van der Waals surface area contributed by atoms with Gasteiger partial charge in [-0.15, -0.1) is 11.3 Å². The van der Waals surface area contributed by atoms with Gasteiger partial charge in [-0.05, 0) is 61.5 Å². The molecule has 0 bridgehead atoms. The summed E-state index contributed by atoms with van der Waals surface area (Å²) >= 11 is 1.71. The number of nitrogens with one attached hydrogen (secondary N) is 2. The Balaban J connectivity index is 1.56. The molecule has 0 aliphatic heterocycles. The number of amides is 1. The van der Waals surface area contributed by atoms with E-state index in [4.69, 9.17) is 4.42 Å². The molecule has 2 N–H and O–H groups in total. The van der Waals surface area contributed by atoms with Crippen LogP contribution in [0.5, 0.6) is 0 Å². The summed E-state index contributed by atoms with van der Waals surface area (Å²) in [5.74, 6) is 0.795. The SMILES string of the molecule is Cc1ccc2[nH]c(-c3cccs3)c(CCC(=O)NC(C)c3ccco3)c2c1. The topological polar surface area (TPSA) is 58.0 Å². The Labute approximate surface area is 162 Å². The Hall–Kier alpha value is -2.79. The van der Waals surface area contributed by atoms with Crippen molar-refractivity contribution in [2.75, 3.05) is 0 Å². The van der Waals surface area contributed by atoms with Gasteiger partial charge in [0.1, 0.15) is 5.76 Å². The highest BCUT2D eigenvalue weighted by atomic mass is 32.1. The average molecular weight is 378 g/mol. The molecule has 0 spiro atoms. The highest BCUT2D eigenvalue weighted by molar-refractivity contribution is 7.13. The van der Waals surface area contributed by atoms with Crippen LogP contribution in [-0.4, -0.2) is 10.9 Å². The molecule has 0 fully saturated rings. The number of aromatic nitrogens is 1. The summed E-state index contributed by atoms with van der Waals surface area (Å²) in [6.07, 6.45) is 2.75. The predicted octanol–water partition coefficient (Wildman–Crippen LogP) is 5.61. The number of fused-ring (bicyclic) bond motifs is 1. The summed E-state index contributed by atoms with van der Waals surface area (Å²) in [4.78, 5) is 17.2. The van der Waals surface area contributed by atoms with Crippen LogP contribution in [0.1, 0.15) is 36.3 Å². The second-order valence-corrected chi connectivity index (χ2v) is 7.76. The predicted molar refractivity (Wildman–Crippen MR) is 110 cm³/mol. The van der Waals surface area contributed by atoms with Crippen LogP contribution in [0.2, 0.25) is 0 Å². The highest BCUT2D eigenvalue weighted by Crippen LogP contribution is 2.34. The monoisotopic (exact) mass is 378 g/mol. The highest BCUT2D eigenvalue weighted by Gasteiger charge is 2.17. The molecular weight excluding hydrogens is 356 g/mol. The molecule has 0 aliphatic carbocycles. The van der Waals surface area contributed by atoms with Crippen molar-refractivity contribution in [2.24, 2.45) is 0 Å². The lowest BCUT2D eigenvalue weighted by Crippen LogP contribution is -2.26. The molecule has 4 aromatic rings. The number of H-pyrrole nitrogens is 1. The maximum atomic E-state index is 12.5. The smallest absolute Gasteiger partial charge is 0.220 e. The molecule has 4 rings (SSSR count). The van der Waals surface area contributed by atoms with E-state index < -0.39 is 0 Å². The molecule has 0 saturated heterocycles. The molecule has 1 amide bonds. The Bertz CT molecular complexity index is 1050. The van der Waals surface area contributed by atoms with E-state index >= 15 is 0 Å². The normalized spacial score (nSPS) is 12.4. The minimum atomic E-state index is -0.130. The average Bonchev–Trinajstić information content (AvgIpc) is 3.39. The molecule has 1 aromatic carbocycles. The molecule has 1 unspecified atom stereocenters. The first kappa shape index (κ1) is 17.6. The van der Waals surface area contributed by atoms with Crippen LogP contribution in [0.25, 0.3) is 21.5 Å². The van der Waals surface area contributed by atoms with Gasteiger partial charge in [0.15, 0.2) is 0 Å². The van der Waals surface area contributed by atoms with Gasteiger partial charge in [0, 0.05) is 17.3 Å². The van der Waals surface area contributed by atoms with Crippen molar-refractivity contribution in [3.8, 4) is 10.6 Å². The fraction of sp³-hybridized carbons (Fsp3) is 0.227. The van der Waals surface area contributed by atoms with Gasteiger partial charge in [0.2, 0.25) is 5.91 Å². The van der Waals surface area contributed by atoms with Crippen molar-refractivity contribution < 1.29 is 9.21 Å². The third kappa shape index (κ3) is 3.69. The summed E-state index contributed by atoms with van der Waals surface area (Å²) in [6.45, 7) is 4.03. The fourth-order valence-corrected chi connectivity index (χ4v) is 4.17. The molecule has 3 aromatic heterocycles. The van der Waals surface area contributed by atoms with E-state index in [0.717, 1.165) is 17.0 Å². The first-order valence-corrected chi connectivity index (χ1v) is 9.97. The zero-order valence-corrected chi connectivity index (χ0v) is 16.2. The van der Waals surface area contributed by atoms with Gasteiger partial charge in [-0.2, -0.15) is 0 Å². The maximum absolute atomic E-state index is 12.5.